The molecule has 0 spiro atoms. The zero-order chi connectivity index (χ0) is 22.8. The molecule has 0 aliphatic carbocycles. The Morgan fingerprint density at radius 3 is 2.34 bits per heavy atom. The molecule has 2 amide bonds. The van der Waals surface area contributed by atoms with Gasteiger partial charge in [0.1, 0.15) is 5.82 Å². The molecule has 3 aromatic rings. The highest BCUT2D eigenvalue weighted by Gasteiger charge is 2.39. The van der Waals surface area contributed by atoms with Crippen molar-refractivity contribution in [3.05, 3.63) is 95.8 Å². The van der Waals surface area contributed by atoms with Crippen molar-refractivity contribution in [1.29, 1.82) is 0 Å². The lowest BCUT2D eigenvalue weighted by Crippen LogP contribution is -2.48. The van der Waals surface area contributed by atoms with Crippen molar-refractivity contribution in [3.8, 4) is 0 Å². The Morgan fingerprint density at radius 2 is 1.66 bits per heavy atom. The van der Waals surface area contributed by atoms with Crippen LogP contribution in [0.4, 0.5) is 15.8 Å². The fourth-order valence-electron chi connectivity index (χ4n) is 4.42. The quantitative estimate of drug-likeness (QED) is 0.510. The van der Waals surface area contributed by atoms with E-state index in [1.807, 2.05) is 80.3 Å². The number of nitrogens with zero attached hydrogens (tertiary/aromatic N) is 2. The number of benzene rings is 3. The van der Waals surface area contributed by atoms with Gasteiger partial charge in [-0.2, -0.15) is 0 Å². The van der Waals surface area contributed by atoms with Crippen LogP contribution >= 0.6 is 0 Å². The number of hydrogen-bond acceptors (Lipinski definition) is 2. The minimum absolute atomic E-state index is 0.0353. The molecule has 2 unspecified atom stereocenters. The molecule has 1 heterocycles. The third-order valence-corrected chi connectivity index (χ3v) is 5.93. The molecule has 4 rings (SSSR count). The Hall–Kier alpha value is -3.47. The largest absolute Gasteiger partial charge is 0.305 e. The van der Waals surface area contributed by atoms with Gasteiger partial charge in [-0.1, -0.05) is 56.3 Å². The molecule has 164 valence electrons. The van der Waals surface area contributed by atoms with E-state index in [1.165, 1.54) is 12.1 Å². The molecule has 0 saturated carbocycles. The van der Waals surface area contributed by atoms with Crippen molar-refractivity contribution < 1.29 is 14.0 Å². The number of fused-ring (bicyclic) bond motifs is 1. The first-order valence-electron chi connectivity index (χ1n) is 10.9. The van der Waals surface area contributed by atoms with Crippen molar-refractivity contribution in [1.82, 2.24) is 0 Å². The van der Waals surface area contributed by atoms with Gasteiger partial charge in [0.2, 0.25) is 5.91 Å². The number of hydrogen-bond donors (Lipinski definition) is 0. The lowest BCUT2D eigenvalue weighted by molar-refractivity contribution is -0.122. The van der Waals surface area contributed by atoms with Gasteiger partial charge < -0.3 is 9.80 Å². The Morgan fingerprint density at radius 1 is 0.969 bits per heavy atom. The Bertz CT molecular complexity index is 1130. The van der Waals surface area contributed by atoms with Gasteiger partial charge in [0, 0.05) is 28.9 Å². The van der Waals surface area contributed by atoms with Crippen LogP contribution in [0.3, 0.4) is 0 Å². The van der Waals surface area contributed by atoms with Crippen molar-refractivity contribution in [2.75, 3.05) is 9.80 Å². The number of amides is 2. The molecule has 0 fully saturated rings. The summed E-state index contributed by atoms with van der Waals surface area (Å²) in [5.41, 5.74) is 2.81. The van der Waals surface area contributed by atoms with E-state index >= 15 is 0 Å². The van der Waals surface area contributed by atoms with Crippen LogP contribution in [0.1, 0.15) is 49.2 Å². The summed E-state index contributed by atoms with van der Waals surface area (Å²) in [7, 11) is 0. The molecule has 1 aliphatic rings. The maximum Gasteiger partial charge on any atom is 0.258 e. The molecule has 0 N–H and O–H groups in total. The van der Waals surface area contributed by atoms with Crippen LogP contribution in [0.2, 0.25) is 0 Å². The minimum atomic E-state index is -0.440. The van der Waals surface area contributed by atoms with Crippen LogP contribution in [0.25, 0.3) is 0 Å². The summed E-state index contributed by atoms with van der Waals surface area (Å²) in [5.74, 6) is -0.827. The van der Waals surface area contributed by atoms with Crippen LogP contribution in [0, 0.1) is 11.7 Å². The highest BCUT2D eigenvalue weighted by atomic mass is 19.1. The van der Waals surface area contributed by atoms with Crippen LogP contribution in [0.5, 0.6) is 0 Å². The maximum absolute atomic E-state index is 13.8. The summed E-state index contributed by atoms with van der Waals surface area (Å²) >= 11 is 0. The van der Waals surface area contributed by atoms with Crippen LogP contribution in [0.15, 0.2) is 78.9 Å². The van der Waals surface area contributed by atoms with Crippen molar-refractivity contribution >= 4 is 23.2 Å². The van der Waals surface area contributed by atoms with Crippen LogP contribution in [-0.2, 0) is 4.79 Å². The van der Waals surface area contributed by atoms with E-state index in [4.69, 9.17) is 0 Å². The summed E-state index contributed by atoms with van der Waals surface area (Å²) in [4.78, 5) is 30.3. The van der Waals surface area contributed by atoms with Crippen LogP contribution < -0.4 is 9.80 Å². The summed E-state index contributed by atoms with van der Waals surface area (Å²) in [6.45, 7) is 5.77. The number of carbonyl (C=O) groups is 2. The van der Waals surface area contributed by atoms with E-state index in [9.17, 15) is 14.0 Å². The molecular weight excluding hydrogens is 403 g/mol. The van der Waals surface area contributed by atoms with E-state index in [-0.39, 0.29) is 29.8 Å². The van der Waals surface area contributed by atoms with Gasteiger partial charge >= 0.3 is 0 Å². The average Bonchev–Trinajstić information content (AvgIpc) is 2.79. The maximum atomic E-state index is 13.8. The summed E-state index contributed by atoms with van der Waals surface area (Å²) in [5, 5.41) is 0. The predicted octanol–water partition coefficient (Wildman–Crippen LogP) is 6.00. The third kappa shape index (κ3) is 4.03. The predicted molar refractivity (Wildman–Crippen MR) is 125 cm³/mol. The molecule has 2 atom stereocenters. The summed E-state index contributed by atoms with van der Waals surface area (Å²) in [6.07, 6.45) is 0.575. The van der Waals surface area contributed by atoms with Crippen molar-refractivity contribution in [3.63, 3.8) is 0 Å². The Balaban J connectivity index is 1.80. The van der Waals surface area contributed by atoms with E-state index in [2.05, 4.69) is 0 Å². The molecule has 1 aliphatic heterocycles. The Kier molecular flexibility index (Phi) is 6.08. The molecular formula is C27H27FN2O2. The van der Waals surface area contributed by atoms with Crippen LogP contribution in [-0.4, -0.2) is 17.9 Å². The summed E-state index contributed by atoms with van der Waals surface area (Å²) < 4.78 is 13.8. The van der Waals surface area contributed by atoms with E-state index < -0.39 is 5.82 Å². The Labute approximate surface area is 188 Å². The fourth-order valence-corrected chi connectivity index (χ4v) is 4.42. The summed E-state index contributed by atoms with van der Waals surface area (Å²) in [6, 6.07) is 22.7. The second kappa shape index (κ2) is 8.95. The van der Waals surface area contributed by atoms with Gasteiger partial charge in [0.15, 0.2) is 0 Å². The molecule has 0 saturated heterocycles. The van der Waals surface area contributed by atoms with Gasteiger partial charge in [0.05, 0.1) is 6.04 Å². The first-order chi connectivity index (χ1) is 15.4. The molecule has 0 aromatic heterocycles. The third-order valence-electron chi connectivity index (χ3n) is 5.93. The topological polar surface area (TPSA) is 40.6 Å². The molecule has 4 nitrogen and oxygen atoms in total. The van der Waals surface area contributed by atoms with E-state index in [0.717, 1.165) is 16.9 Å². The molecule has 0 radical (unpaired) electrons. The first-order valence-corrected chi connectivity index (χ1v) is 10.9. The number of carbonyl (C=O) groups excluding carboxylic acids is 2. The molecule has 0 bridgehead atoms. The normalized spacial score (nSPS) is 17.7. The number of anilines is 2. The zero-order valence-electron chi connectivity index (χ0n) is 18.5. The zero-order valence-corrected chi connectivity index (χ0v) is 18.5. The smallest absolute Gasteiger partial charge is 0.258 e. The molecule has 32 heavy (non-hydrogen) atoms. The van der Waals surface area contributed by atoms with Gasteiger partial charge in [-0.15, -0.1) is 0 Å². The lowest BCUT2D eigenvalue weighted by atomic mass is 9.89. The monoisotopic (exact) mass is 430 g/mol. The van der Waals surface area contributed by atoms with Crippen molar-refractivity contribution in [2.24, 2.45) is 5.92 Å². The van der Waals surface area contributed by atoms with Gasteiger partial charge in [0.25, 0.3) is 5.91 Å². The SMILES string of the molecule is CC(C)C(=O)N(c1ccccc1)C1CC(C)N(C(=O)c2cccc(F)c2)c2ccccc21. The number of para-hydroxylation sites is 2. The van der Waals surface area contributed by atoms with E-state index in [0.29, 0.717) is 12.0 Å². The van der Waals surface area contributed by atoms with Gasteiger partial charge in [-0.05, 0) is 55.3 Å². The average molecular weight is 431 g/mol. The number of rotatable bonds is 4. The molecule has 3 aromatic carbocycles. The fraction of sp³-hybridized carbons (Fsp3) is 0.259. The van der Waals surface area contributed by atoms with E-state index in [1.54, 1.807) is 17.0 Å². The first kappa shape index (κ1) is 21.8. The second-order valence-electron chi connectivity index (χ2n) is 8.54. The molecule has 5 heteroatoms. The standard InChI is InChI=1S/C27H27FN2O2/c1-18(2)26(31)30(22-12-5-4-6-13-22)25-16-19(3)29(24-15-8-7-14-23(24)25)27(32)20-10-9-11-21(28)17-20/h4-15,17-19,25H,16H2,1-3H3. The highest BCUT2D eigenvalue weighted by molar-refractivity contribution is 6.07. The second-order valence-corrected chi connectivity index (χ2v) is 8.54. The lowest BCUT2D eigenvalue weighted by Gasteiger charge is -2.44. The highest BCUT2D eigenvalue weighted by Crippen LogP contribution is 2.43. The van der Waals surface area contributed by atoms with Crippen molar-refractivity contribution in [2.45, 2.75) is 39.3 Å². The minimum Gasteiger partial charge on any atom is -0.305 e. The van der Waals surface area contributed by atoms with Gasteiger partial charge in [-0.3, -0.25) is 9.59 Å². The number of halogens is 1. The van der Waals surface area contributed by atoms with Gasteiger partial charge in [-0.25, -0.2) is 4.39 Å².